The molecule has 0 aliphatic heterocycles. The monoisotopic (exact) mass is 469 g/mol. The van der Waals surface area contributed by atoms with Crippen LogP contribution in [-0.4, -0.2) is 40.8 Å². The van der Waals surface area contributed by atoms with Gasteiger partial charge in [-0.25, -0.2) is 0 Å². The summed E-state index contributed by atoms with van der Waals surface area (Å²) in [4.78, 5) is 7.04. The lowest BCUT2D eigenvalue weighted by Crippen LogP contribution is -2.39. The van der Waals surface area contributed by atoms with Gasteiger partial charge in [0.2, 0.25) is 0 Å². The Morgan fingerprint density at radius 2 is 1.92 bits per heavy atom. The molecule has 0 fully saturated rings. The first-order chi connectivity index (χ1) is 11.9. The van der Waals surface area contributed by atoms with Crippen LogP contribution in [0.5, 0.6) is 0 Å². The number of aliphatic imine (C=N–C) groups is 1. The standard InChI is InChI=1S/C20H31N5.HI/c1-6-21-19(24(4)14-18-13-23-25(5)15-18)22-16-20(2,3)12-17-10-8-7-9-11-17;/h7-11,13,15H,6,12,14,16H2,1-5H3,(H,21,22);1H. The molecule has 0 unspecified atom stereocenters. The highest BCUT2D eigenvalue weighted by Gasteiger charge is 2.19. The molecule has 6 heteroatoms. The minimum Gasteiger partial charge on any atom is -0.357 e. The van der Waals surface area contributed by atoms with Gasteiger partial charge in [0.25, 0.3) is 0 Å². The van der Waals surface area contributed by atoms with E-state index in [1.165, 1.54) is 11.1 Å². The second-order valence-electron chi connectivity index (χ2n) is 7.38. The van der Waals surface area contributed by atoms with Crippen LogP contribution in [0.4, 0.5) is 0 Å². The smallest absolute Gasteiger partial charge is 0.193 e. The molecule has 1 aromatic heterocycles. The molecule has 5 nitrogen and oxygen atoms in total. The van der Waals surface area contributed by atoms with E-state index in [4.69, 9.17) is 4.99 Å². The van der Waals surface area contributed by atoms with E-state index in [2.05, 4.69) is 73.5 Å². The molecule has 2 aromatic rings. The summed E-state index contributed by atoms with van der Waals surface area (Å²) in [5, 5.41) is 7.63. The number of guanidine groups is 1. The fraction of sp³-hybridized carbons (Fsp3) is 0.500. The zero-order chi connectivity index (χ0) is 18.3. The molecule has 0 radical (unpaired) electrons. The molecule has 0 aliphatic carbocycles. The van der Waals surface area contributed by atoms with Gasteiger partial charge in [-0.1, -0.05) is 44.2 Å². The first kappa shape index (κ1) is 22.5. The van der Waals surface area contributed by atoms with E-state index < -0.39 is 0 Å². The highest BCUT2D eigenvalue weighted by Crippen LogP contribution is 2.22. The van der Waals surface area contributed by atoms with Crippen molar-refractivity contribution in [2.75, 3.05) is 20.1 Å². The minimum atomic E-state index is 0. The number of aryl methyl sites for hydroxylation is 1. The molecule has 2 rings (SSSR count). The van der Waals surface area contributed by atoms with Gasteiger partial charge in [-0.15, -0.1) is 24.0 Å². The normalized spacial score (nSPS) is 11.8. The van der Waals surface area contributed by atoms with E-state index in [-0.39, 0.29) is 29.4 Å². The number of nitrogens with one attached hydrogen (secondary N) is 1. The van der Waals surface area contributed by atoms with Gasteiger partial charge in [0.1, 0.15) is 0 Å². The fourth-order valence-corrected chi connectivity index (χ4v) is 2.87. The third-order valence-corrected chi connectivity index (χ3v) is 4.06. The quantitative estimate of drug-likeness (QED) is 0.382. The molecule has 26 heavy (non-hydrogen) atoms. The van der Waals surface area contributed by atoms with Crippen molar-refractivity contribution in [3.8, 4) is 0 Å². The van der Waals surface area contributed by atoms with E-state index in [1.54, 1.807) is 0 Å². The Bertz CT molecular complexity index is 679. The summed E-state index contributed by atoms with van der Waals surface area (Å²) in [6.07, 6.45) is 4.96. The van der Waals surface area contributed by atoms with Crippen LogP contribution in [-0.2, 0) is 20.0 Å². The van der Waals surface area contributed by atoms with Crippen molar-refractivity contribution < 1.29 is 0 Å². The van der Waals surface area contributed by atoms with Gasteiger partial charge in [0, 0.05) is 45.5 Å². The summed E-state index contributed by atoms with van der Waals surface area (Å²) in [7, 11) is 4.01. The van der Waals surface area contributed by atoms with Crippen LogP contribution >= 0.6 is 24.0 Å². The second-order valence-corrected chi connectivity index (χ2v) is 7.38. The molecule has 0 spiro atoms. The number of halogens is 1. The third kappa shape index (κ3) is 7.35. The molecule has 0 amide bonds. The predicted molar refractivity (Wildman–Crippen MR) is 120 cm³/mol. The average molecular weight is 469 g/mol. The molecule has 144 valence electrons. The largest absolute Gasteiger partial charge is 0.357 e. The topological polar surface area (TPSA) is 45.5 Å². The van der Waals surface area contributed by atoms with Gasteiger partial charge in [-0.05, 0) is 24.3 Å². The van der Waals surface area contributed by atoms with Crippen molar-refractivity contribution in [2.24, 2.45) is 17.5 Å². The van der Waals surface area contributed by atoms with Crippen LogP contribution in [0.25, 0.3) is 0 Å². The Hall–Kier alpha value is -1.57. The predicted octanol–water partition coefficient (Wildman–Crippen LogP) is 3.70. The van der Waals surface area contributed by atoms with Crippen molar-refractivity contribution in [1.82, 2.24) is 20.0 Å². The Morgan fingerprint density at radius 1 is 1.23 bits per heavy atom. The maximum atomic E-state index is 4.89. The molecule has 0 saturated carbocycles. The first-order valence-corrected chi connectivity index (χ1v) is 8.90. The minimum absolute atomic E-state index is 0. The molecular weight excluding hydrogens is 437 g/mol. The van der Waals surface area contributed by atoms with Crippen molar-refractivity contribution in [2.45, 2.75) is 33.7 Å². The molecule has 1 aromatic carbocycles. The van der Waals surface area contributed by atoms with E-state index in [0.29, 0.717) is 0 Å². The number of rotatable bonds is 7. The first-order valence-electron chi connectivity index (χ1n) is 8.90. The molecule has 1 N–H and O–H groups in total. The van der Waals surface area contributed by atoms with Crippen LogP contribution in [0, 0.1) is 5.41 Å². The summed E-state index contributed by atoms with van der Waals surface area (Å²) in [6, 6.07) is 10.6. The average Bonchev–Trinajstić information content (AvgIpc) is 2.96. The van der Waals surface area contributed by atoms with Gasteiger partial charge < -0.3 is 10.2 Å². The zero-order valence-electron chi connectivity index (χ0n) is 16.6. The molecule has 1 heterocycles. The Balaban J connectivity index is 0.00000338. The van der Waals surface area contributed by atoms with Gasteiger partial charge in [0.15, 0.2) is 5.96 Å². The van der Waals surface area contributed by atoms with Crippen molar-refractivity contribution in [1.29, 1.82) is 0 Å². The molecular formula is C20H32IN5. The van der Waals surface area contributed by atoms with E-state index in [1.807, 2.05) is 24.1 Å². The number of benzene rings is 1. The van der Waals surface area contributed by atoms with E-state index in [9.17, 15) is 0 Å². The van der Waals surface area contributed by atoms with Crippen molar-refractivity contribution in [3.05, 3.63) is 53.9 Å². The molecule has 0 atom stereocenters. The summed E-state index contributed by atoms with van der Waals surface area (Å²) in [5.41, 5.74) is 2.65. The Labute approximate surface area is 174 Å². The van der Waals surface area contributed by atoms with E-state index >= 15 is 0 Å². The Morgan fingerprint density at radius 3 is 2.50 bits per heavy atom. The van der Waals surface area contributed by atoms with Gasteiger partial charge >= 0.3 is 0 Å². The molecule has 0 bridgehead atoms. The van der Waals surface area contributed by atoms with Gasteiger partial charge in [-0.3, -0.25) is 9.67 Å². The lowest BCUT2D eigenvalue weighted by Gasteiger charge is -2.26. The summed E-state index contributed by atoms with van der Waals surface area (Å²) in [5.74, 6) is 0.937. The number of hydrogen-bond donors (Lipinski definition) is 1. The summed E-state index contributed by atoms with van der Waals surface area (Å²) in [6.45, 7) is 9.07. The lowest BCUT2D eigenvalue weighted by molar-refractivity contribution is 0.372. The van der Waals surface area contributed by atoms with Crippen LogP contribution in [0.2, 0.25) is 0 Å². The van der Waals surface area contributed by atoms with Crippen LogP contribution in [0.3, 0.4) is 0 Å². The van der Waals surface area contributed by atoms with Gasteiger partial charge in [0.05, 0.1) is 6.20 Å². The second kappa shape index (κ2) is 10.5. The summed E-state index contributed by atoms with van der Waals surface area (Å²) >= 11 is 0. The fourth-order valence-electron chi connectivity index (χ4n) is 2.87. The van der Waals surface area contributed by atoms with Crippen LogP contribution in [0.15, 0.2) is 47.7 Å². The highest BCUT2D eigenvalue weighted by atomic mass is 127. The lowest BCUT2D eigenvalue weighted by atomic mass is 9.86. The molecule has 0 saturated heterocycles. The highest BCUT2D eigenvalue weighted by molar-refractivity contribution is 14.0. The maximum Gasteiger partial charge on any atom is 0.193 e. The SMILES string of the molecule is CCNC(=NCC(C)(C)Cc1ccccc1)N(C)Cc1cnn(C)c1.I. The number of hydrogen-bond acceptors (Lipinski definition) is 2. The van der Waals surface area contributed by atoms with Gasteiger partial charge in [-0.2, -0.15) is 5.10 Å². The van der Waals surface area contributed by atoms with Crippen molar-refractivity contribution in [3.63, 3.8) is 0 Å². The van der Waals surface area contributed by atoms with Crippen LogP contribution < -0.4 is 5.32 Å². The zero-order valence-corrected chi connectivity index (χ0v) is 18.9. The molecule has 0 aliphatic rings. The third-order valence-electron chi connectivity index (χ3n) is 4.06. The Kier molecular flexibility index (Phi) is 9.12. The van der Waals surface area contributed by atoms with Crippen molar-refractivity contribution >= 4 is 29.9 Å². The van der Waals surface area contributed by atoms with E-state index in [0.717, 1.165) is 32.0 Å². The number of aromatic nitrogens is 2. The summed E-state index contributed by atoms with van der Waals surface area (Å²) < 4.78 is 1.83. The number of nitrogens with zero attached hydrogens (tertiary/aromatic N) is 4. The maximum absolute atomic E-state index is 4.89. The van der Waals surface area contributed by atoms with Crippen LogP contribution in [0.1, 0.15) is 31.9 Å².